The Hall–Kier alpha value is -3.26. The molecule has 2 aromatic heterocycles. The number of nitrogens with zero attached hydrogens (tertiary/aromatic N) is 5. The molecular formula is C29H39N5. The van der Waals surface area contributed by atoms with Crippen molar-refractivity contribution in [3.8, 4) is 23.0 Å². The Morgan fingerprint density at radius 3 is 1.94 bits per heavy atom. The molecule has 2 heterocycles. The van der Waals surface area contributed by atoms with E-state index in [-0.39, 0.29) is 0 Å². The second kappa shape index (κ2) is 11.2. The van der Waals surface area contributed by atoms with Crippen LogP contribution >= 0.6 is 0 Å². The Morgan fingerprint density at radius 1 is 0.853 bits per heavy atom. The van der Waals surface area contributed by atoms with E-state index in [9.17, 15) is 5.26 Å². The van der Waals surface area contributed by atoms with Gasteiger partial charge in [-0.3, -0.25) is 0 Å². The van der Waals surface area contributed by atoms with E-state index >= 15 is 0 Å². The van der Waals surface area contributed by atoms with Crippen LogP contribution in [0.5, 0.6) is 0 Å². The number of pyridine rings is 1. The van der Waals surface area contributed by atoms with E-state index in [2.05, 4.69) is 87.1 Å². The number of benzene rings is 1. The molecule has 0 radical (unpaired) electrons. The van der Waals surface area contributed by atoms with Crippen molar-refractivity contribution < 1.29 is 0 Å². The fourth-order valence-electron chi connectivity index (χ4n) is 5.07. The second-order valence-corrected chi connectivity index (χ2v) is 8.47. The van der Waals surface area contributed by atoms with Crippen LogP contribution in [0.3, 0.4) is 0 Å². The summed E-state index contributed by atoms with van der Waals surface area (Å²) >= 11 is 0. The lowest BCUT2D eigenvalue weighted by atomic mass is 9.96. The molecule has 5 heteroatoms. The lowest BCUT2D eigenvalue weighted by Crippen LogP contribution is -2.29. The quantitative estimate of drug-likeness (QED) is 0.347. The van der Waals surface area contributed by atoms with E-state index in [0.29, 0.717) is 5.69 Å². The summed E-state index contributed by atoms with van der Waals surface area (Å²) in [6.07, 6.45) is 1.78. The number of hydrogen-bond donors (Lipinski definition) is 0. The van der Waals surface area contributed by atoms with Gasteiger partial charge in [0.2, 0.25) is 0 Å². The number of anilines is 2. The van der Waals surface area contributed by atoms with Gasteiger partial charge in [0, 0.05) is 59.9 Å². The Kier molecular flexibility index (Phi) is 8.39. The Labute approximate surface area is 205 Å². The van der Waals surface area contributed by atoms with Crippen molar-refractivity contribution in [1.29, 1.82) is 5.26 Å². The molecule has 0 fully saturated rings. The van der Waals surface area contributed by atoms with Gasteiger partial charge in [-0.2, -0.15) is 5.26 Å². The van der Waals surface area contributed by atoms with Gasteiger partial charge in [-0.05, 0) is 65.7 Å². The standard InChI is InChI=1S/C29H39N5/c1-8-23-27(25-19-21(7)34(26(25)20-30)22-17-15-14-16-18-22)31-29(33(12-5)13-6)24(9-2)28(23)32(10-3)11-4/h14-19H,8-13H2,1-7H3. The fraction of sp³-hybridized carbons (Fsp3) is 0.448. The normalized spacial score (nSPS) is 10.9. The Bertz CT molecular complexity index is 1150. The zero-order valence-corrected chi connectivity index (χ0v) is 21.9. The van der Waals surface area contributed by atoms with E-state index < -0.39 is 0 Å². The third kappa shape index (κ3) is 4.42. The first-order valence-corrected chi connectivity index (χ1v) is 12.7. The largest absolute Gasteiger partial charge is 0.371 e. The molecule has 0 unspecified atom stereocenters. The van der Waals surface area contributed by atoms with Crippen molar-refractivity contribution in [3.05, 3.63) is 58.9 Å². The molecule has 0 atom stereocenters. The maximum absolute atomic E-state index is 10.3. The van der Waals surface area contributed by atoms with Crippen LogP contribution in [-0.2, 0) is 12.8 Å². The first kappa shape index (κ1) is 25.4. The van der Waals surface area contributed by atoms with E-state index in [1.54, 1.807) is 0 Å². The number of aromatic nitrogens is 2. The molecular weight excluding hydrogens is 418 g/mol. The van der Waals surface area contributed by atoms with Gasteiger partial charge in [-0.1, -0.05) is 32.0 Å². The van der Waals surface area contributed by atoms with Crippen molar-refractivity contribution >= 4 is 11.5 Å². The zero-order valence-electron chi connectivity index (χ0n) is 21.9. The monoisotopic (exact) mass is 457 g/mol. The maximum atomic E-state index is 10.3. The molecule has 0 bridgehead atoms. The van der Waals surface area contributed by atoms with Gasteiger partial charge in [0.05, 0.1) is 5.69 Å². The topological polar surface area (TPSA) is 48.1 Å². The van der Waals surface area contributed by atoms with Crippen molar-refractivity contribution in [2.45, 2.75) is 61.3 Å². The van der Waals surface area contributed by atoms with Crippen molar-refractivity contribution in [2.75, 3.05) is 36.0 Å². The van der Waals surface area contributed by atoms with Gasteiger partial charge in [-0.15, -0.1) is 0 Å². The molecule has 5 nitrogen and oxygen atoms in total. The van der Waals surface area contributed by atoms with E-state index in [1.807, 2.05) is 18.2 Å². The molecule has 0 spiro atoms. The van der Waals surface area contributed by atoms with Gasteiger partial charge in [0.1, 0.15) is 17.6 Å². The van der Waals surface area contributed by atoms with Gasteiger partial charge in [-0.25, -0.2) is 4.98 Å². The highest BCUT2D eigenvalue weighted by molar-refractivity contribution is 5.81. The molecule has 0 amide bonds. The smallest absolute Gasteiger partial charge is 0.134 e. The van der Waals surface area contributed by atoms with Crippen LogP contribution in [0.15, 0.2) is 36.4 Å². The summed E-state index contributed by atoms with van der Waals surface area (Å²) in [7, 11) is 0. The predicted molar refractivity (Wildman–Crippen MR) is 144 cm³/mol. The third-order valence-electron chi connectivity index (χ3n) is 6.75. The molecule has 0 saturated heterocycles. The summed E-state index contributed by atoms with van der Waals surface area (Å²) in [5.74, 6) is 1.05. The van der Waals surface area contributed by atoms with Crippen molar-refractivity contribution in [2.24, 2.45) is 0 Å². The second-order valence-electron chi connectivity index (χ2n) is 8.47. The fourth-order valence-corrected chi connectivity index (χ4v) is 5.07. The summed E-state index contributed by atoms with van der Waals surface area (Å²) in [4.78, 5) is 10.1. The van der Waals surface area contributed by atoms with E-state index in [1.165, 1.54) is 16.8 Å². The predicted octanol–water partition coefficient (Wildman–Crippen LogP) is 6.54. The molecule has 0 N–H and O–H groups in total. The number of rotatable bonds is 10. The zero-order chi connectivity index (χ0) is 24.8. The third-order valence-corrected chi connectivity index (χ3v) is 6.75. The number of nitriles is 1. The first-order valence-electron chi connectivity index (χ1n) is 12.7. The molecule has 3 aromatic rings. The van der Waals surface area contributed by atoms with Crippen LogP contribution in [0.2, 0.25) is 0 Å². The average molecular weight is 458 g/mol. The number of para-hydroxylation sites is 1. The maximum Gasteiger partial charge on any atom is 0.134 e. The highest BCUT2D eigenvalue weighted by Gasteiger charge is 2.27. The highest BCUT2D eigenvalue weighted by atomic mass is 15.2. The van der Waals surface area contributed by atoms with Crippen LogP contribution in [0.1, 0.15) is 64.1 Å². The summed E-state index contributed by atoms with van der Waals surface area (Å²) in [5.41, 5.74) is 8.39. The minimum Gasteiger partial charge on any atom is -0.371 e. The summed E-state index contributed by atoms with van der Waals surface area (Å²) in [6.45, 7) is 19.0. The summed E-state index contributed by atoms with van der Waals surface area (Å²) < 4.78 is 2.05. The summed E-state index contributed by atoms with van der Waals surface area (Å²) in [5, 5.41) is 10.3. The molecule has 0 aliphatic carbocycles. The highest BCUT2D eigenvalue weighted by Crippen LogP contribution is 2.41. The average Bonchev–Trinajstić information content (AvgIpc) is 3.21. The molecule has 3 rings (SSSR count). The molecule has 0 aliphatic rings. The number of aryl methyl sites for hydroxylation is 1. The Balaban J connectivity index is 2.44. The van der Waals surface area contributed by atoms with Crippen molar-refractivity contribution in [1.82, 2.24) is 9.55 Å². The van der Waals surface area contributed by atoms with Crippen LogP contribution < -0.4 is 9.80 Å². The minimum absolute atomic E-state index is 0.645. The molecule has 34 heavy (non-hydrogen) atoms. The Morgan fingerprint density at radius 2 is 1.44 bits per heavy atom. The SMILES string of the molecule is CCc1c(-c2cc(C)n(-c3ccccc3)c2C#N)nc(N(CC)CC)c(CC)c1N(CC)CC. The van der Waals surface area contributed by atoms with Gasteiger partial charge < -0.3 is 14.4 Å². The molecule has 180 valence electrons. The minimum atomic E-state index is 0.645. The first-order chi connectivity index (χ1) is 16.5. The van der Waals surface area contributed by atoms with Crippen LogP contribution in [0.4, 0.5) is 11.5 Å². The summed E-state index contributed by atoms with van der Waals surface area (Å²) in [6, 6.07) is 14.8. The lowest BCUT2D eigenvalue weighted by Gasteiger charge is -2.32. The van der Waals surface area contributed by atoms with Crippen LogP contribution in [-0.4, -0.2) is 35.7 Å². The van der Waals surface area contributed by atoms with Crippen LogP contribution in [0.25, 0.3) is 16.9 Å². The van der Waals surface area contributed by atoms with Crippen molar-refractivity contribution in [3.63, 3.8) is 0 Å². The number of hydrogen-bond acceptors (Lipinski definition) is 4. The van der Waals surface area contributed by atoms with Crippen LogP contribution in [0, 0.1) is 18.3 Å². The van der Waals surface area contributed by atoms with Gasteiger partial charge >= 0.3 is 0 Å². The molecule has 0 aliphatic heterocycles. The lowest BCUT2D eigenvalue weighted by molar-refractivity contribution is 0.810. The van der Waals surface area contributed by atoms with E-state index in [0.717, 1.165) is 67.5 Å². The van der Waals surface area contributed by atoms with E-state index in [4.69, 9.17) is 4.98 Å². The van der Waals surface area contributed by atoms with Gasteiger partial charge in [0.15, 0.2) is 0 Å². The molecule has 1 aromatic carbocycles. The van der Waals surface area contributed by atoms with Gasteiger partial charge in [0.25, 0.3) is 0 Å². The molecule has 0 saturated carbocycles.